The maximum atomic E-state index is 13.1. The van der Waals surface area contributed by atoms with Crippen LogP contribution in [0, 0.1) is 5.82 Å². The first-order valence-corrected chi connectivity index (χ1v) is 6.93. The number of unbranched alkanes of at least 4 members (excludes halogenated alkanes) is 1. The topological polar surface area (TPSA) is 64.3 Å². The normalized spacial score (nSPS) is 12.0. The fourth-order valence-corrected chi connectivity index (χ4v) is 2.01. The van der Waals surface area contributed by atoms with Crippen molar-refractivity contribution in [2.24, 2.45) is 0 Å². The summed E-state index contributed by atoms with van der Waals surface area (Å²) in [6.07, 6.45) is 1.23. The predicted molar refractivity (Wildman–Crippen MR) is 76.5 cm³/mol. The molecule has 3 N–H and O–H groups in total. The summed E-state index contributed by atoms with van der Waals surface area (Å²) in [5, 5.41) is 2.76. The van der Waals surface area contributed by atoms with Gasteiger partial charge in [0.2, 0.25) is 0 Å². The summed E-state index contributed by atoms with van der Waals surface area (Å²) in [6.45, 7) is 4.28. The summed E-state index contributed by atoms with van der Waals surface area (Å²) in [4.78, 5) is 11.7. The van der Waals surface area contributed by atoms with Crippen molar-refractivity contribution < 1.29 is 13.9 Å². The molecule has 1 amide bonds. The van der Waals surface area contributed by atoms with Gasteiger partial charge in [-0.3, -0.25) is 4.79 Å². The zero-order valence-corrected chi connectivity index (χ0v) is 12.6. The maximum Gasteiger partial charge on any atom is 0.260 e. The van der Waals surface area contributed by atoms with Crippen molar-refractivity contribution in [1.29, 1.82) is 0 Å². The molecular formula is C13H18BrFN2O2. The van der Waals surface area contributed by atoms with Crippen LogP contribution in [0.25, 0.3) is 0 Å². The molecule has 0 saturated heterocycles. The second-order valence-electron chi connectivity index (χ2n) is 4.21. The van der Waals surface area contributed by atoms with Gasteiger partial charge in [0.1, 0.15) is 5.82 Å². The van der Waals surface area contributed by atoms with Crippen molar-refractivity contribution in [3.8, 4) is 5.75 Å². The van der Waals surface area contributed by atoms with Crippen molar-refractivity contribution in [2.45, 2.75) is 32.8 Å². The Morgan fingerprint density at radius 3 is 2.84 bits per heavy atom. The molecule has 1 atom stereocenters. The third kappa shape index (κ3) is 4.70. The maximum absolute atomic E-state index is 13.1. The second-order valence-corrected chi connectivity index (χ2v) is 5.06. The van der Waals surface area contributed by atoms with Crippen molar-refractivity contribution in [3.63, 3.8) is 0 Å². The number of carbonyl (C=O) groups excluding carboxylic acids is 1. The Kier molecular flexibility index (Phi) is 6.08. The van der Waals surface area contributed by atoms with Crippen LogP contribution in [0.4, 0.5) is 10.1 Å². The molecule has 106 valence electrons. The Balaban J connectivity index is 2.66. The van der Waals surface area contributed by atoms with Crippen LogP contribution in [0.5, 0.6) is 5.75 Å². The van der Waals surface area contributed by atoms with Crippen LogP contribution >= 0.6 is 15.9 Å². The van der Waals surface area contributed by atoms with Crippen LogP contribution in [-0.4, -0.2) is 18.6 Å². The van der Waals surface area contributed by atoms with E-state index in [1.165, 1.54) is 6.07 Å². The molecule has 0 spiro atoms. The minimum atomic E-state index is -0.694. The summed E-state index contributed by atoms with van der Waals surface area (Å²) in [5.74, 6) is -0.402. The van der Waals surface area contributed by atoms with Crippen molar-refractivity contribution in [3.05, 3.63) is 22.4 Å². The third-order valence-corrected chi connectivity index (χ3v) is 3.12. The molecule has 0 aromatic heterocycles. The molecule has 0 aliphatic rings. The van der Waals surface area contributed by atoms with E-state index in [0.29, 0.717) is 11.0 Å². The predicted octanol–water partition coefficient (Wildman–Crippen LogP) is 2.85. The van der Waals surface area contributed by atoms with Crippen molar-refractivity contribution in [2.75, 3.05) is 12.3 Å². The lowest BCUT2D eigenvalue weighted by molar-refractivity contribution is -0.127. The smallest absolute Gasteiger partial charge is 0.260 e. The summed E-state index contributed by atoms with van der Waals surface area (Å²) in [7, 11) is 0. The number of hydrogen-bond donors (Lipinski definition) is 2. The molecule has 4 nitrogen and oxygen atoms in total. The Labute approximate surface area is 120 Å². The van der Waals surface area contributed by atoms with Crippen LogP contribution in [0.3, 0.4) is 0 Å². The largest absolute Gasteiger partial charge is 0.478 e. The molecule has 0 radical (unpaired) electrons. The minimum absolute atomic E-state index is 0.153. The number of anilines is 1. The first-order valence-electron chi connectivity index (χ1n) is 6.14. The van der Waals surface area contributed by atoms with Gasteiger partial charge in [0, 0.05) is 12.6 Å². The Morgan fingerprint density at radius 1 is 1.58 bits per heavy atom. The van der Waals surface area contributed by atoms with Crippen LogP contribution in [0.1, 0.15) is 26.7 Å². The number of hydrogen-bond acceptors (Lipinski definition) is 3. The fraction of sp³-hybridized carbons (Fsp3) is 0.462. The van der Waals surface area contributed by atoms with Gasteiger partial charge in [0.15, 0.2) is 11.9 Å². The molecular weight excluding hydrogens is 315 g/mol. The second kappa shape index (κ2) is 7.33. The molecule has 1 unspecified atom stereocenters. The molecule has 0 saturated carbocycles. The van der Waals surface area contributed by atoms with Crippen LogP contribution in [0.2, 0.25) is 0 Å². The van der Waals surface area contributed by atoms with E-state index in [9.17, 15) is 9.18 Å². The highest BCUT2D eigenvalue weighted by atomic mass is 79.9. The number of halogens is 2. The van der Waals surface area contributed by atoms with Gasteiger partial charge in [-0.25, -0.2) is 4.39 Å². The number of ether oxygens (including phenoxy) is 1. The average Bonchev–Trinajstić information content (AvgIpc) is 2.33. The summed E-state index contributed by atoms with van der Waals surface area (Å²) >= 11 is 3.16. The number of benzene rings is 1. The van der Waals surface area contributed by atoms with Gasteiger partial charge in [0.25, 0.3) is 5.91 Å². The molecule has 0 heterocycles. The molecule has 6 heteroatoms. The standard InChI is InChI=1S/C13H18BrFN2O2/c1-3-4-5-17-13(18)8(2)19-12-10(14)6-9(15)7-11(12)16/h6-8H,3-5,16H2,1-2H3,(H,17,18). The van der Waals surface area contributed by atoms with Gasteiger partial charge in [0.05, 0.1) is 10.2 Å². The van der Waals surface area contributed by atoms with Gasteiger partial charge in [-0.1, -0.05) is 13.3 Å². The minimum Gasteiger partial charge on any atom is -0.478 e. The summed E-state index contributed by atoms with van der Waals surface area (Å²) in [5.41, 5.74) is 5.82. The van der Waals surface area contributed by atoms with Crippen molar-refractivity contribution in [1.82, 2.24) is 5.32 Å². The highest BCUT2D eigenvalue weighted by Crippen LogP contribution is 2.33. The van der Waals surface area contributed by atoms with E-state index in [2.05, 4.69) is 21.2 Å². The van der Waals surface area contributed by atoms with Gasteiger partial charge >= 0.3 is 0 Å². The first kappa shape index (κ1) is 15.8. The van der Waals surface area contributed by atoms with E-state index in [4.69, 9.17) is 10.5 Å². The Hall–Kier alpha value is -1.30. The van der Waals surface area contributed by atoms with Crippen molar-refractivity contribution >= 4 is 27.5 Å². The molecule has 0 aliphatic heterocycles. The first-order chi connectivity index (χ1) is 8.95. The zero-order valence-electron chi connectivity index (χ0n) is 11.0. The lowest BCUT2D eigenvalue weighted by atomic mass is 10.2. The van der Waals surface area contributed by atoms with Crippen LogP contribution in [-0.2, 0) is 4.79 Å². The Bertz CT molecular complexity index is 431. The fourth-order valence-electron chi connectivity index (χ4n) is 1.47. The number of rotatable bonds is 6. The SMILES string of the molecule is CCCCNC(=O)C(C)Oc1c(N)cc(F)cc1Br. The average molecular weight is 333 g/mol. The lowest BCUT2D eigenvalue weighted by Gasteiger charge is -2.17. The highest BCUT2D eigenvalue weighted by Gasteiger charge is 2.17. The lowest BCUT2D eigenvalue weighted by Crippen LogP contribution is -2.37. The number of carbonyl (C=O) groups is 1. The van der Waals surface area contributed by atoms with Gasteiger partial charge in [-0.2, -0.15) is 0 Å². The van der Waals surface area contributed by atoms with E-state index < -0.39 is 11.9 Å². The highest BCUT2D eigenvalue weighted by molar-refractivity contribution is 9.10. The van der Waals surface area contributed by atoms with Crippen LogP contribution in [0.15, 0.2) is 16.6 Å². The number of amides is 1. The molecule has 1 aromatic rings. The van der Waals surface area contributed by atoms with E-state index in [1.807, 2.05) is 6.92 Å². The molecule has 0 fully saturated rings. The molecule has 1 rings (SSSR count). The summed E-state index contributed by atoms with van der Waals surface area (Å²) < 4.78 is 18.9. The Morgan fingerprint density at radius 2 is 2.26 bits per heavy atom. The number of nitrogens with two attached hydrogens (primary N) is 1. The monoisotopic (exact) mass is 332 g/mol. The van der Waals surface area contributed by atoms with Gasteiger partial charge < -0.3 is 15.8 Å². The van der Waals surface area contributed by atoms with Crippen LogP contribution < -0.4 is 15.8 Å². The van der Waals surface area contributed by atoms with E-state index in [1.54, 1.807) is 6.92 Å². The van der Waals surface area contributed by atoms with Gasteiger partial charge in [-0.05, 0) is 35.3 Å². The molecule has 1 aromatic carbocycles. The third-order valence-electron chi connectivity index (χ3n) is 2.53. The van der Waals surface area contributed by atoms with Gasteiger partial charge in [-0.15, -0.1) is 0 Å². The van der Waals surface area contributed by atoms with E-state index in [-0.39, 0.29) is 17.3 Å². The summed E-state index contributed by atoms with van der Waals surface area (Å²) in [6, 6.07) is 2.40. The number of nitrogen functional groups attached to an aromatic ring is 1. The number of nitrogens with one attached hydrogen (secondary N) is 1. The van der Waals surface area contributed by atoms with E-state index >= 15 is 0 Å². The quantitative estimate of drug-likeness (QED) is 0.621. The zero-order chi connectivity index (χ0) is 14.4. The molecule has 0 aliphatic carbocycles. The van der Waals surface area contributed by atoms with E-state index in [0.717, 1.165) is 18.9 Å². The molecule has 19 heavy (non-hydrogen) atoms. The molecule has 0 bridgehead atoms.